The fraction of sp³-hybridized carbons (Fsp3) is 1.00. The summed E-state index contributed by atoms with van der Waals surface area (Å²) in [6, 6.07) is 0. The van der Waals surface area contributed by atoms with Gasteiger partial charge in [0, 0.05) is 6.61 Å². The fourth-order valence-corrected chi connectivity index (χ4v) is 0.323. The SMILES string of the molecule is OCCOCCCF. The van der Waals surface area contributed by atoms with E-state index in [4.69, 9.17) is 9.84 Å². The van der Waals surface area contributed by atoms with E-state index in [-0.39, 0.29) is 13.3 Å². The van der Waals surface area contributed by atoms with Gasteiger partial charge in [0.05, 0.1) is 19.9 Å². The first-order valence-corrected chi connectivity index (χ1v) is 2.66. The standard InChI is InChI=1S/C5H11FO2/c6-2-1-4-8-5-3-7/h7H,1-5H2. The van der Waals surface area contributed by atoms with Crippen molar-refractivity contribution in [3.05, 3.63) is 0 Å². The first kappa shape index (κ1) is 7.85. The molecule has 3 heteroatoms. The molecule has 8 heavy (non-hydrogen) atoms. The number of aliphatic hydroxyl groups is 1. The maximum atomic E-state index is 11.3. The van der Waals surface area contributed by atoms with Crippen LogP contribution in [0.5, 0.6) is 0 Å². The second-order valence-electron chi connectivity index (χ2n) is 1.38. The molecule has 50 valence electrons. The van der Waals surface area contributed by atoms with E-state index < -0.39 is 0 Å². The van der Waals surface area contributed by atoms with Gasteiger partial charge in [-0.05, 0) is 6.42 Å². The minimum atomic E-state index is -0.342. The zero-order chi connectivity index (χ0) is 6.24. The number of hydrogen-bond donors (Lipinski definition) is 1. The van der Waals surface area contributed by atoms with E-state index in [0.717, 1.165) is 0 Å². The van der Waals surface area contributed by atoms with E-state index in [0.29, 0.717) is 19.6 Å². The van der Waals surface area contributed by atoms with Crippen molar-refractivity contribution in [1.82, 2.24) is 0 Å². The zero-order valence-corrected chi connectivity index (χ0v) is 4.77. The van der Waals surface area contributed by atoms with Crippen molar-refractivity contribution >= 4 is 0 Å². The molecular weight excluding hydrogens is 111 g/mol. The van der Waals surface area contributed by atoms with E-state index in [2.05, 4.69) is 0 Å². The van der Waals surface area contributed by atoms with E-state index in [1.807, 2.05) is 0 Å². The van der Waals surface area contributed by atoms with Crippen molar-refractivity contribution in [1.29, 1.82) is 0 Å². The molecule has 0 fully saturated rings. The molecule has 1 N–H and O–H groups in total. The van der Waals surface area contributed by atoms with Crippen molar-refractivity contribution in [3.8, 4) is 0 Å². The molecule has 2 nitrogen and oxygen atoms in total. The van der Waals surface area contributed by atoms with Crippen LogP contribution in [0.2, 0.25) is 0 Å². The summed E-state index contributed by atoms with van der Waals surface area (Å²) in [5.74, 6) is 0. The summed E-state index contributed by atoms with van der Waals surface area (Å²) >= 11 is 0. The van der Waals surface area contributed by atoms with Crippen LogP contribution in [0.1, 0.15) is 6.42 Å². The maximum absolute atomic E-state index is 11.3. The van der Waals surface area contributed by atoms with Gasteiger partial charge >= 0.3 is 0 Å². The Morgan fingerprint density at radius 2 is 2.12 bits per heavy atom. The minimum Gasteiger partial charge on any atom is -0.394 e. The molecule has 0 saturated heterocycles. The zero-order valence-electron chi connectivity index (χ0n) is 4.77. The summed E-state index contributed by atoms with van der Waals surface area (Å²) in [4.78, 5) is 0. The summed E-state index contributed by atoms with van der Waals surface area (Å²) in [5, 5.41) is 8.15. The average molecular weight is 122 g/mol. The average Bonchev–Trinajstić information content (AvgIpc) is 1.81. The number of hydrogen-bond acceptors (Lipinski definition) is 2. The second kappa shape index (κ2) is 6.85. The van der Waals surface area contributed by atoms with Crippen LogP contribution >= 0.6 is 0 Å². The summed E-state index contributed by atoms with van der Waals surface area (Å²) < 4.78 is 16.0. The molecule has 0 rings (SSSR count). The Morgan fingerprint density at radius 3 is 2.62 bits per heavy atom. The summed E-state index contributed by atoms with van der Waals surface area (Å²) in [5.41, 5.74) is 0. The normalized spacial score (nSPS) is 9.75. The highest BCUT2D eigenvalue weighted by atomic mass is 19.1. The van der Waals surface area contributed by atoms with E-state index in [1.165, 1.54) is 0 Å². The quantitative estimate of drug-likeness (QED) is 0.533. The molecule has 0 aromatic heterocycles. The molecular formula is C5H11FO2. The number of alkyl halides is 1. The predicted octanol–water partition coefficient (Wildman–Crippen LogP) is 0.355. The number of rotatable bonds is 5. The first-order chi connectivity index (χ1) is 3.91. The fourth-order valence-electron chi connectivity index (χ4n) is 0.323. The third-order valence-electron chi connectivity index (χ3n) is 0.658. The van der Waals surface area contributed by atoms with Crippen LogP contribution in [0.4, 0.5) is 4.39 Å². The van der Waals surface area contributed by atoms with Crippen LogP contribution in [0.15, 0.2) is 0 Å². The first-order valence-electron chi connectivity index (χ1n) is 2.66. The monoisotopic (exact) mass is 122 g/mol. The Bertz CT molecular complexity index is 35.4. The van der Waals surface area contributed by atoms with Crippen molar-refractivity contribution in [2.24, 2.45) is 0 Å². The van der Waals surface area contributed by atoms with Gasteiger partial charge in [-0.25, -0.2) is 0 Å². The lowest BCUT2D eigenvalue weighted by atomic mass is 10.5. The Morgan fingerprint density at radius 1 is 1.38 bits per heavy atom. The van der Waals surface area contributed by atoms with Crippen LogP contribution < -0.4 is 0 Å². The summed E-state index contributed by atoms with van der Waals surface area (Å²) in [6.07, 6.45) is 0.431. The van der Waals surface area contributed by atoms with Gasteiger partial charge in [-0.2, -0.15) is 0 Å². The van der Waals surface area contributed by atoms with Gasteiger partial charge in [-0.1, -0.05) is 0 Å². The van der Waals surface area contributed by atoms with Crippen molar-refractivity contribution in [2.75, 3.05) is 26.5 Å². The Balaban J connectivity index is 2.53. The minimum absolute atomic E-state index is 0.0201. The molecule has 0 saturated carbocycles. The van der Waals surface area contributed by atoms with E-state index in [9.17, 15) is 4.39 Å². The largest absolute Gasteiger partial charge is 0.394 e. The van der Waals surface area contributed by atoms with Crippen LogP contribution in [0.3, 0.4) is 0 Å². The Labute approximate surface area is 48.3 Å². The highest BCUT2D eigenvalue weighted by Crippen LogP contribution is 1.81. The van der Waals surface area contributed by atoms with Crippen molar-refractivity contribution < 1.29 is 14.2 Å². The number of aliphatic hydroxyl groups excluding tert-OH is 1. The van der Waals surface area contributed by atoms with Gasteiger partial charge in [0.2, 0.25) is 0 Å². The van der Waals surface area contributed by atoms with E-state index >= 15 is 0 Å². The number of halogens is 1. The predicted molar refractivity (Wildman–Crippen MR) is 28.5 cm³/mol. The summed E-state index contributed by atoms with van der Waals surface area (Å²) in [6.45, 7) is 0.411. The van der Waals surface area contributed by atoms with Crippen molar-refractivity contribution in [3.63, 3.8) is 0 Å². The van der Waals surface area contributed by atoms with Crippen molar-refractivity contribution in [2.45, 2.75) is 6.42 Å². The Kier molecular flexibility index (Phi) is 6.72. The molecule has 0 bridgehead atoms. The van der Waals surface area contributed by atoms with Gasteiger partial charge in [0.15, 0.2) is 0 Å². The van der Waals surface area contributed by atoms with Gasteiger partial charge in [0.1, 0.15) is 0 Å². The lowest BCUT2D eigenvalue weighted by Gasteiger charge is -1.96. The van der Waals surface area contributed by atoms with Crippen LogP contribution in [0, 0.1) is 0 Å². The Hall–Kier alpha value is -0.150. The maximum Gasteiger partial charge on any atom is 0.0916 e. The lowest BCUT2D eigenvalue weighted by Crippen LogP contribution is -2.00. The molecule has 0 heterocycles. The van der Waals surface area contributed by atoms with Crippen LogP contribution in [-0.4, -0.2) is 31.6 Å². The van der Waals surface area contributed by atoms with Crippen LogP contribution in [-0.2, 0) is 4.74 Å². The molecule has 0 aromatic rings. The van der Waals surface area contributed by atoms with Gasteiger partial charge in [0.25, 0.3) is 0 Å². The third-order valence-corrected chi connectivity index (χ3v) is 0.658. The lowest BCUT2D eigenvalue weighted by molar-refractivity contribution is 0.0875. The molecule has 0 radical (unpaired) electrons. The third kappa shape index (κ3) is 5.85. The van der Waals surface area contributed by atoms with E-state index in [1.54, 1.807) is 0 Å². The molecule has 0 aliphatic heterocycles. The molecule has 0 spiro atoms. The molecule has 0 atom stereocenters. The molecule has 0 aliphatic carbocycles. The topological polar surface area (TPSA) is 29.5 Å². The summed E-state index contributed by atoms with van der Waals surface area (Å²) in [7, 11) is 0. The van der Waals surface area contributed by atoms with Gasteiger partial charge < -0.3 is 9.84 Å². The highest BCUT2D eigenvalue weighted by molar-refractivity contribution is 4.30. The smallest absolute Gasteiger partial charge is 0.0916 e. The van der Waals surface area contributed by atoms with Gasteiger partial charge in [-0.3, -0.25) is 4.39 Å². The molecule has 0 aromatic carbocycles. The van der Waals surface area contributed by atoms with Gasteiger partial charge in [-0.15, -0.1) is 0 Å². The molecule has 0 amide bonds. The highest BCUT2D eigenvalue weighted by Gasteiger charge is 1.84. The molecule has 0 unspecified atom stereocenters. The van der Waals surface area contributed by atoms with Crippen LogP contribution in [0.25, 0.3) is 0 Å². The number of ether oxygens (including phenoxy) is 1. The molecule has 0 aliphatic rings. The second-order valence-corrected chi connectivity index (χ2v) is 1.38.